The lowest BCUT2D eigenvalue weighted by Crippen LogP contribution is -2.39. The molecule has 33 heavy (non-hydrogen) atoms. The number of hydrogen-bond acceptors (Lipinski definition) is 6. The van der Waals surface area contributed by atoms with Gasteiger partial charge in [0.2, 0.25) is 0 Å². The number of aromatic nitrogens is 4. The first-order chi connectivity index (χ1) is 16.1. The first-order valence-corrected chi connectivity index (χ1v) is 11.0. The number of nitrogens with one attached hydrogen (secondary N) is 1. The summed E-state index contributed by atoms with van der Waals surface area (Å²) in [5.41, 5.74) is 4.24. The summed E-state index contributed by atoms with van der Waals surface area (Å²) in [7, 11) is 1.60. The Balaban J connectivity index is 1.47. The van der Waals surface area contributed by atoms with Crippen molar-refractivity contribution in [2.24, 2.45) is 0 Å². The number of hydrogen-bond donors (Lipinski definition) is 1. The van der Waals surface area contributed by atoms with Gasteiger partial charge in [0.05, 0.1) is 25.3 Å². The quantitative estimate of drug-likeness (QED) is 0.484. The molecule has 0 bridgehead atoms. The summed E-state index contributed by atoms with van der Waals surface area (Å²) < 4.78 is 12.8. The summed E-state index contributed by atoms with van der Waals surface area (Å²) in [6, 6.07) is 15.3. The smallest absolute Gasteiger partial charge is 0.322 e. The second-order valence-corrected chi connectivity index (χ2v) is 8.32. The van der Waals surface area contributed by atoms with Crippen molar-refractivity contribution in [3.05, 3.63) is 59.7 Å². The minimum Gasteiger partial charge on any atom is -0.497 e. The number of anilines is 1. The predicted octanol–water partition coefficient (Wildman–Crippen LogP) is 3.81. The Morgan fingerprint density at radius 2 is 2.18 bits per heavy atom. The molecule has 9 heteroatoms. The third kappa shape index (κ3) is 4.45. The molecule has 4 aromatic rings. The van der Waals surface area contributed by atoms with Crippen LogP contribution in [0.2, 0.25) is 0 Å². The summed E-state index contributed by atoms with van der Waals surface area (Å²) in [6.45, 7) is 3.60. The van der Waals surface area contributed by atoms with E-state index in [9.17, 15) is 4.79 Å². The van der Waals surface area contributed by atoms with Crippen molar-refractivity contribution in [1.82, 2.24) is 24.9 Å². The number of pyridine rings is 1. The number of fused-ring (bicyclic) bond motifs is 3. The molecule has 2 aromatic heterocycles. The zero-order valence-corrected chi connectivity index (χ0v) is 18.7. The maximum Gasteiger partial charge on any atom is 0.322 e. The number of carbonyl (C=O) groups excluding carboxylic acids is 1. The number of ether oxygens (including phenoxy) is 2. The van der Waals surface area contributed by atoms with E-state index in [0.717, 1.165) is 41.5 Å². The van der Waals surface area contributed by atoms with Gasteiger partial charge < -0.3 is 19.7 Å². The molecule has 1 aliphatic rings. The van der Waals surface area contributed by atoms with Gasteiger partial charge in [0.25, 0.3) is 0 Å². The number of urea groups is 1. The maximum absolute atomic E-state index is 13.3. The lowest BCUT2D eigenvalue weighted by molar-refractivity contribution is 0.0820. The van der Waals surface area contributed by atoms with E-state index in [2.05, 4.69) is 45.1 Å². The molecule has 1 aliphatic heterocycles. The first-order valence-electron chi connectivity index (χ1n) is 11.0. The van der Waals surface area contributed by atoms with Gasteiger partial charge in [0.15, 0.2) is 5.65 Å². The van der Waals surface area contributed by atoms with Gasteiger partial charge in [-0.05, 0) is 60.0 Å². The van der Waals surface area contributed by atoms with Crippen LogP contribution >= 0.6 is 0 Å². The van der Waals surface area contributed by atoms with E-state index in [1.165, 1.54) is 0 Å². The second-order valence-electron chi connectivity index (χ2n) is 8.32. The highest BCUT2D eigenvalue weighted by molar-refractivity contribution is 5.90. The summed E-state index contributed by atoms with van der Waals surface area (Å²) in [4.78, 5) is 15.1. The van der Waals surface area contributed by atoms with E-state index in [-0.39, 0.29) is 12.1 Å². The molecule has 1 N–H and O–H groups in total. The average molecular weight is 447 g/mol. The van der Waals surface area contributed by atoms with E-state index in [1.54, 1.807) is 22.6 Å². The fraction of sp³-hybridized carbons (Fsp3) is 0.333. The van der Waals surface area contributed by atoms with Gasteiger partial charge in [0, 0.05) is 35.9 Å². The van der Waals surface area contributed by atoms with E-state index in [1.807, 2.05) is 25.1 Å². The Hall–Kier alpha value is -3.72. The van der Waals surface area contributed by atoms with Crippen molar-refractivity contribution >= 4 is 28.3 Å². The Morgan fingerprint density at radius 1 is 1.27 bits per heavy atom. The number of methoxy groups -OCH3 is 1. The molecule has 170 valence electrons. The van der Waals surface area contributed by atoms with Crippen LogP contribution in [0.4, 0.5) is 10.5 Å². The van der Waals surface area contributed by atoms with Crippen LogP contribution in [0.1, 0.15) is 24.0 Å². The van der Waals surface area contributed by atoms with Crippen LogP contribution in [-0.4, -0.2) is 57.3 Å². The molecule has 2 aromatic carbocycles. The Morgan fingerprint density at radius 3 is 3.00 bits per heavy atom. The molecule has 9 nitrogen and oxygen atoms in total. The highest BCUT2D eigenvalue weighted by atomic mass is 16.5. The number of tetrazole rings is 1. The van der Waals surface area contributed by atoms with Crippen LogP contribution in [0.15, 0.2) is 48.5 Å². The van der Waals surface area contributed by atoms with E-state index in [0.29, 0.717) is 30.2 Å². The van der Waals surface area contributed by atoms with Crippen molar-refractivity contribution in [2.75, 3.05) is 25.6 Å². The van der Waals surface area contributed by atoms with Gasteiger partial charge >= 0.3 is 6.03 Å². The van der Waals surface area contributed by atoms with E-state index in [4.69, 9.17) is 9.47 Å². The monoisotopic (exact) mass is 446 g/mol. The number of benzene rings is 2. The Bertz CT molecular complexity index is 1300. The van der Waals surface area contributed by atoms with E-state index < -0.39 is 0 Å². The highest BCUT2D eigenvalue weighted by Crippen LogP contribution is 2.24. The maximum atomic E-state index is 13.3. The molecule has 0 saturated carbocycles. The fourth-order valence-electron chi connectivity index (χ4n) is 4.24. The topological polar surface area (TPSA) is 93.9 Å². The molecular formula is C24H26N6O3. The Kier molecular flexibility index (Phi) is 5.78. The minimum atomic E-state index is -0.214. The first kappa shape index (κ1) is 21.1. The van der Waals surface area contributed by atoms with Crippen LogP contribution in [0.25, 0.3) is 16.6 Å². The molecule has 3 heterocycles. The normalized spacial score (nSPS) is 15.8. The SMILES string of the molecule is COc1cccc(NC(=O)N(Cc2cc3ccc(C)cc3n3nnnc23)C[C@H]2CCCO2)c1. The second kappa shape index (κ2) is 9.03. The fourth-order valence-corrected chi connectivity index (χ4v) is 4.24. The third-order valence-electron chi connectivity index (χ3n) is 5.92. The molecule has 1 fully saturated rings. The van der Waals surface area contributed by atoms with Gasteiger partial charge in [-0.25, -0.2) is 4.79 Å². The van der Waals surface area contributed by atoms with Gasteiger partial charge in [-0.3, -0.25) is 0 Å². The lowest BCUT2D eigenvalue weighted by Gasteiger charge is -2.26. The molecule has 0 unspecified atom stereocenters. The van der Waals surface area contributed by atoms with Crippen LogP contribution < -0.4 is 10.1 Å². The van der Waals surface area contributed by atoms with Crippen molar-refractivity contribution in [1.29, 1.82) is 0 Å². The number of carbonyl (C=O) groups is 1. The number of nitrogens with zero attached hydrogens (tertiary/aromatic N) is 5. The van der Waals surface area contributed by atoms with Gasteiger partial charge in [-0.1, -0.05) is 18.2 Å². The number of aryl methyl sites for hydroxylation is 1. The van der Waals surface area contributed by atoms with E-state index >= 15 is 0 Å². The van der Waals surface area contributed by atoms with Crippen LogP contribution in [0, 0.1) is 6.92 Å². The largest absolute Gasteiger partial charge is 0.497 e. The van der Waals surface area contributed by atoms with Crippen molar-refractivity contribution < 1.29 is 14.3 Å². The minimum absolute atomic E-state index is 0.0104. The molecule has 0 aliphatic carbocycles. The third-order valence-corrected chi connectivity index (χ3v) is 5.92. The molecular weight excluding hydrogens is 420 g/mol. The van der Waals surface area contributed by atoms with Gasteiger partial charge in [-0.2, -0.15) is 4.52 Å². The summed E-state index contributed by atoms with van der Waals surface area (Å²) in [6.07, 6.45) is 1.95. The molecule has 1 atom stereocenters. The molecule has 0 spiro atoms. The van der Waals surface area contributed by atoms with Crippen LogP contribution in [-0.2, 0) is 11.3 Å². The van der Waals surface area contributed by atoms with Crippen LogP contribution in [0.3, 0.4) is 0 Å². The summed E-state index contributed by atoms with van der Waals surface area (Å²) in [5.74, 6) is 0.680. The lowest BCUT2D eigenvalue weighted by atomic mass is 10.1. The van der Waals surface area contributed by atoms with Crippen molar-refractivity contribution in [3.8, 4) is 5.75 Å². The zero-order valence-electron chi connectivity index (χ0n) is 18.7. The molecule has 2 amide bonds. The zero-order chi connectivity index (χ0) is 22.8. The van der Waals surface area contributed by atoms with Gasteiger partial charge in [0.1, 0.15) is 5.75 Å². The van der Waals surface area contributed by atoms with Gasteiger partial charge in [-0.15, -0.1) is 5.10 Å². The number of rotatable bonds is 6. The molecule has 0 radical (unpaired) electrons. The summed E-state index contributed by atoms with van der Waals surface area (Å²) in [5, 5.41) is 16.3. The standard InChI is InChI=1S/C24H26N6O3/c1-16-8-9-17-12-18(23-26-27-28-30(23)22(17)11-16)14-29(15-21-7-4-10-33-21)24(31)25-19-5-3-6-20(13-19)32-2/h3,5-6,8-9,11-13,21H,4,7,10,14-15H2,1-2H3,(H,25,31)/t21-/m1/s1. The molecule has 5 rings (SSSR count). The van der Waals surface area contributed by atoms with Crippen molar-refractivity contribution in [2.45, 2.75) is 32.4 Å². The Labute approximate surface area is 191 Å². The average Bonchev–Trinajstić information content (AvgIpc) is 3.51. The molecule has 1 saturated heterocycles. The predicted molar refractivity (Wildman–Crippen MR) is 124 cm³/mol. The van der Waals surface area contributed by atoms with Crippen molar-refractivity contribution in [3.63, 3.8) is 0 Å². The highest BCUT2D eigenvalue weighted by Gasteiger charge is 2.24. The summed E-state index contributed by atoms with van der Waals surface area (Å²) >= 11 is 0. The number of amides is 2. The van der Waals surface area contributed by atoms with Crippen LogP contribution in [0.5, 0.6) is 5.75 Å².